The summed E-state index contributed by atoms with van der Waals surface area (Å²) in [5.41, 5.74) is -0.0700. The lowest BCUT2D eigenvalue weighted by Crippen LogP contribution is -2.47. The Morgan fingerprint density at radius 2 is 2.11 bits per heavy atom. The first-order valence-electron chi connectivity index (χ1n) is 5.66. The Morgan fingerprint density at radius 1 is 1.44 bits per heavy atom. The van der Waals surface area contributed by atoms with Gasteiger partial charge < -0.3 is 14.8 Å². The van der Waals surface area contributed by atoms with Gasteiger partial charge in [-0.1, -0.05) is 36.4 Å². The van der Waals surface area contributed by atoms with E-state index < -0.39 is 11.6 Å². The molecule has 0 aliphatic carbocycles. The van der Waals surface area contributed by atoms with Crippen LogP contribution in [0.1, 0.15) is 18.9 Å². The number of benzene rings is 1. The van der Waals surface area contributed by atoms with Gasteiger partial charge >= 0.3 is 6.09 Å². The molecule has 4 nitrogen and oxygen atoms in total. The molecule has 1 unspecified atom stereocenters. The molecule has 1 rings (SSSR count). The SMILES string of the molecule is C=CCC(C)(C=O)NC(=O)OCc1ccccc1. The molecular weight excluding hydrogens is 230 g/mol. The lowest BCUT2D eigenvalue weighted by atomic mass is 10.0. The molecule has 96 valence electrons. The first-order valence-corrected chi connectivity index (χ1v) is 5.66. The summed E-state index contributed by atoms with van der Waals surface area (Å²) in [6.07, 6.45) is 2.00. The average molecular weight is 247 g/mol. The maximum absolute atomic E-state index is 11.5. The van der Waals surface area contributed by atoms with Crippen molar-refractivity contribution < 1.29 is 14.3 Å². The molecule has 0 aromatic heterocycles. The number of amides is 1. The van der Waals surface area contributed by atoms with Gasteiger partial charge in [0, 0.05) is 0 Å². The summed E-state index contributed by atoms with van der Waals surface area (Å²) in [6, 6.07) is 9.33. The molecule has 18 heavy (non-hydrogen) atoms. The van der Waals surface area contributed by atoms with Crippen LogP contribution in [0.15, 0.2) is 43.0 Å². The zero-order valence-electron chi connectivity index (χ0n) is 10.4. The van der Waals surface area contributed by atoms with Crippen LogP contribution in [0.2, 0.25) is 0 Å². The predicted molar refractivity (Wildman–Crippen MR) is 69.0 cm³/mol. The number of alkyl carbamates (subject to hydrolysis) is 1. The van der Waals surface area contributed by atoms with E-state index in [1.54, 1.807) is 13.0 Å². The van der Waals surface area contributed by atoms with Crippen LogP contribution in [-0.4, -0.2) is 17.9 Å². The van der Waals surface area contributed by atoms with Crippen LogP contribution in [0.3, 0.4) is 0 Å². The molecule has 0 spiro atoms. The molecule has 0 bridgehead atoms. The summed E-state index contributed by atoms with van der Waals surface area (Å²) in [5, 5.41) is 2.51. The average Bonchev–Trinajstić information content (AvgIpc) is 2.38. The van der Waals surface area contributed by atoms with Crippen molar-refractivity contribution >= 4 is 12.4 Å². The zero-order valence-corrected chi connectivity index (χ0v) is 10.4. The van der Waals surface area contributed by atoms with E-state index in [0.717, 1.165) is 5.56 Å². The van der Waals surface area contributed by atoms with E-state index in [1.165, 1.54) is 0 Å². The fraction of sp³-hybridized carbons (Fsp3) is 0.286. The summed E-state index contributed by atoms with van der Waals surface area (Å²) in [5.74, 6) is 0. The molecule has 1 amide bonds. The maximum atomic E-state index is 11.5. The third kappa shape index (κ3) is 4.41. The number of carbonyl (C=O) groups is 2. The monoisotopic (exact) mass is 247 g/mol. The van der Waals surface area contributed by atoms with Crippen LogP contribution >= 0.6 is 0 Å². The number of ether oxygens (including phenoxy) is 1. The second-order valence-corrected chi connectivity index (χ2v) is 4.21. The summed E-state index contributed by atoms with van der Waals surface area (Å²) in [6.45, 7) is 5.34. The predicted octanol–water partition coefficient (Wildman–Crippen LogP) is 2.45. The molecule has 0 aliphatic heterocycles. The number of nitrogens with one attached hydrogen (secondary N) is 1. The van der Waals surface area contributed by atoms with Gasteiger partial charge in [0.1, 0.15) is 12.9 Å². The molecule has 0 saturated carbocycles. The molecule has 0 aliphatic rings. The third-order valence-electron chi connectivity index (χ3n) is 2.43. The lowest BCUT2D eigenvalue weighted by Gasteiger charge is -2.22. The molecule has 0 heterocycles. The van der Waals surface area contributed by atoms with Crippen LogP contribution in [0, 0.1) is 0 Å². The summed E-state index contributed by atoms with van der Waals surface area (Å²) in [4.78, 5) is 22.4. The van der Waals surface area contributed by atoms with Gasteiger partial charge in [0.15, 0.2) is 0 Å². The Morgan fingerprint density at radius 3 is 2.67 bits per heavy atom. The molecule has 1 atom stereocenters. The van der Waals surface area contributed by atoms with E-state index in [9.17, 15) is 9.59 Å². The third-order valence-corrected chi connectivity index (χ3v) is 2.43. The number of carbonyl (C=O) groups excluding carboxylic acids is 2. The van der Waals surface area contributed by atoms with Gasteiger partial charge in [0.05, 0.1) is 5.54 Å². The van der Waals surface area contributed by atoms with E-state index in [1.807, 2.05) is 30.3 Å². The number of hydrogen-bond donors (Lipinski definition) is 1. The van der Waals surface area contributed by atoms with Gasteiger partial charge in [-0.3, -0.25) is 0 Å². The molecule has 4 heteroatoms. The van der Waals surface area contributed by atoms with Gasteiger partial charge in [0.2, 0.25) is 0 Å². The Bertz CT molecular complexity index is 416. The largest absolute Gasteiger partial charge is 0.445 e. The first kappa shape index (κ1) is 14.0. The zero-order chi connectivity index (χ0) is 13.4. The van der Waals surface area contributed by atoms with Crippen molar-refractivity contribution in [2.75, 3.05) is 0 Å². The van der Waals surface area contributed by atoms with Crippen molar-refractivity contribution in [3.05, 3.63) is 48.6 Å². The van der Waals surface area contributed by atoms with Gasteiger partial charge in [-0.05, 0) is 18.9 Å². The topological polar surface area (TPSA) is 55.4 Å². The fourth-order valence-corrected chi connectivity index (χ4v) is 1.42. The highest BCUT2D eigenvalue weighted by molar-refractivity contribution is 5.76. The van der Waals surface area contributed by atoms with Gasteiger partial charge in [0.25, 0.3) is 0 Å². The van der Waals surface area contributed by atoms with E-state index in [4.69, 9.17) is 4.74 Å². The second-order valence-electron chi connectivity index (χ2n) is 4.21. The highest BCUT2D eigenvalue weighted by Gasteiger charge is 2.24. The van der Waals surface area contributed by atoms with Crippen LogP contribution < -0.4 is 5.32 Å². The summed E-state index contributed by atoms with van der Waals surface area (Å²) < 4.78 is 5.03. The first-order chi connectivity index (χ1) is 8.59. The Labute approximate surface area is 107 Å². The van der Waals surface area contributed by atoms with Crippen LogP contribution in [0.5, 0.6) is 0 Å². The van der Waals surface area contributed by atoms with Crippen LogP contribution in [-0.2, 0) is 16.1 Å². The van der Waals surface area contributed by atoms with E-state index >= 15 is 0 Å². The van der Waals surface area contributed by atoms with E-state index in [0.29, 0.717) is 12.7 Å². The molecule has 0 saturated heterocycles. The number of aldehydes is 1. The number of rotatable bonds is 6. The van der Waals surface area contributed by atoms with Gasteiger partial charge in [-0.25, -0.2) is 4.79 Å². The maximum Gasteiger partial charge on any atom is 0.408 e. The molecule has 1 N–H and O–H groups in total. The van der Waals surface area contributed by atoms with E-state index in [2.05, 4.69) is 11.9 Å². The molecule has 0 fully saturated rings. The van der Waals surface area contributed by atoms with Crippen molar-refractivity contribution in [1.29, 1.82) is 0 Å². The highest BCUT2D eigenvalue weighted by atomic mass is 16.5. The molecule has 1 aromatic rings. The van der Waals surface area contributed by atoms with Crippen molar-refractivity contribution in [1.82, 2.24) is 5.32 Å². The van der Waals surface area contributed by atoms with Crippen LogP contribution in [0.4, 0.5) is 4.79 Å². The second kappa shape index (κ2) is 6.59. The Balaban J connectivity index is 2.46. The normalized spacial score (nSPS) is 13.2. The van der Waals surface area contributed by atoms with Crippen molar-refractivity contribution in [2.24, 2.45) is 0 Å². The van der Waals surface area contributed by atoms with Gasteiger partial charge in [-0.2, -0.15) is 0 Å². The molecule has 1 aromatic carbocycles. The van der Waals surface area contributed by atoms with Crippen molar-refractivity contribution in [2.45, 2.75) is 25.5 Å². The minimum Gasteiger partial charge on any atom is -0.445 e. The Kier molecular flexibility index (Phi) is 5.11. The minimum absolute atomic E-state index is 0.176. The standard InChI is InChI=1S/C14H17NO3/c1-3-9-14(2,11-16)15-13(17)18-10-12-7-5-4-6-8-12/h3-8,11H,1,9-10H2,2H3,(H,15,17). The minimum atomic E-state index is -0.963. The lowest BCUT2D eigenvalue weighted by molar-refractivity contribution is -0.112. The smallest absolute Gasteiger partial charge is 0.408 e. The summed E-state index contributed by atoms with van der Waals surface area (Å²) in [7, 11) is 0. The summed E-state index contributed by atoms with van der Waals surface area (Å²) >= 11 is 0. The van der Waals surface area contributed by atoms with Crippen molar-refractivity contribution in [3.63, 3.8) is 0 Å². The quantitative estimate of drug-likeness (QED) is 0.620. The van der Waals surface area contributed by atoms with Gasteiger partial charge in [-0.15, -0.1) is 6.58 Å². The molecular formula is C14H17NO3. The number of hydrogen-bond acceptors (Lipinski definition) is 3. The Hall–Kier alpha value is -2.10. The molecule has 0 radical (unpaired) electrons. The van der Waals surface area contributed by atoms with Crippen LogP contribution in [0.25, 0.3) is 0 Å². The van der Waals surface area contributed by atoms with Crippen molar-refractivity contribution in [3.8, 4) is 0 Å². The highest BCUT2D eigenvalue weighted by Crippen LogP contribution is 2.08. The van der Waals surface area contributed by atoms with E-state index in [-0.39, 0.29) is 6.61 Å². The fourth-order valence-electron chi connectivity index (χ4n) is 1.42.